The largest absolute Gasteiger partial charge is 0.493 e. The summed E-state index contributed by atoms with van der Waals surface area (Å²) >= 11 is 0. The van der Waals surface area contributed by atoms with E-state index >= 15 is 0 Å². The van der Waals surface area contributed by atoms with Crippen molar-refractivity contribution < 1.29 is 19.1 Å². The van der Waals surface area contributed by atoms with Crippen LogP contribution < -0.4 is 20.5 Å². The first-order valence-electron chi connectivity index (χ1n) is 10.8. The maximum absolute atomic E-state index is 12.8. The van der Waals surface area contributed by atoms with Gasteiger partial charge in [0, 0.05) is 24.1 Å². The molecule has 6 nitrogen and oxygen atoms in total. The van der Waals surface area contributed by atoms with E-state index in [2.05, 4.69) is 11.4 Å². The van der Waals surface area contributed by atoms with Crippen LogP contribution in [0.2, 0.25) is 0 Å². The van der Waals surface area contributed by atoms with Crippen LogP contribution in [0.3, 0.4) is 0 Å². The third-order valence-corrected chi connectivity index (χ3v) is 5.48. The maximum Gasteiger partial charge on any atom is 0.255 e. The Labute approximate surface area is 193 Å². The van der Waals surface area contributed by atoms with Gasteiger partial charge in [-0.15, -0.1) is 0 Å². The average molecular weight is 443 g/mol. The lowest BCUT2D eigenvalue weighted by molar-refractivity contribution is -0.117. The van der Waals surface area contributed by atoms with Crippen molar-refractivity contribution in [2.45, 2.75) is 19.3 Å². The normalized spacial score (nSPS) is 12.0. The molecule has 0 spiro atoms. The topological polar surface area (TPSA) is 90.7 Å². The Hall–Kier alpha value is -4.06. The molecule has 0 unspecified atom stereocenters. The quantitative estimate of drug-likeness (QED) is 0.529. The average Bonchev–Trinajstić information content (AvgIpc) is 3.21. The zero-order chi connectivity index (χ0) is 23.2. The number of ether oxygens (including phenoxy) is 2. The van der Waals surface area contributed by atoms with Crippen LogP contribution in [-0.4, -0.2) is 25.5 Å². The predicted molar refractivity (Wildman–Crippen MR) is 127 cm³/mol. The molecule has 168 valence electrons. The highest BCUT2D eigenvalue weighted by atomic mass is 16.5. The summed E-state index contributed by atoms with van der Waals surface area (Å²) in [6, 6.07) is 20.9. The first kappa shape index (κ1) is 22.1. The molecule has 3 aromatic carbocycles. The molecule has 0 saturated heterocycles. The number of hydrogen-bond acceptors (Lipinski definition) is 4. The Bertz CT molecular complexity index is 1220. The third kappa shape index (κ3) is 5.60. The fourth-order valence-electron chi connectivity index (χ4n) is 3.88. The molecule has 0 aliphatic heterocycles. The predicted octanol–water partition coefficient (Wildman–Crippen LogP) is 3.67. The van der Waals surface area contributed by atoms with Gasteiger partial charge < -0.3 is 20.5 Å². The molecule has 3 N–H and O–H groups in total. The molecule has 2 amide bonds. The highest BCUT2D eigenvalue weighted by Crippen LogP contribution is 2.29. The lowest BCUT2D eigenvalue weighted by atomic mass is 10.1. The van der Waals surface area contributed by atoms with E-state index in [1.54, 1.807) is 25.3 Å². The van der Waals surface area contributed by atoms with Crippen LogP contribution in [0.1, 0.15) is 32.6 Å². The van der Waals surface area contributed by atoms with Crippen molar-refractivity contribution in [1.29, 1.82) is 0 Å². The second-order valence-corrected chi connectivity index (χ2v) is 7.93. The summed E-state index contributed by atoms with van der Waals surface area (Å²) in [6.45, 7) is 0.391. The van der Waals surface area contributed by atoms with E-state index in [0.29, 0.717) is 36.5 Å². The van der Waals surface area contributed by atoms with Crippen LogP contribution in [0.25, 0.3) is 6.08 Å². The van der Waals surface area contributed by atoms with Gasteiger partial charge in [-0.25, -0.2) is 0 Å². The molecule has 4 rings (SSSR count). The summed E-state index contributed by atoms with van der Waals surface area (Å²) in [4.78, 5) is 24.0. The second kappa shape index (κ2) is 10.0. The van der Waals surface area contributed by atoms with Crippen molar-refractivity contribution in [3.05, 3.63) is 100 Å². The molecule has 0 saturated carbocycles. The zero-order valence-electron chi connectivity index (χ0n) is 18.5. The van der Waals surface area contributed by atoms with Gasteiger partial charge in [-0.05, 0) is 46.5 Å². The standard InChI is InChI=1S/C27H26N2O4/c1-32-24-10-9-22(27(31)29-23-15-20-7-2-3-8-21(20)16-23)17-25(24)33-12-11-18-5-4-6-19(13-18)14-26(28)30/h2-10,13,15,17H,11-12,14,16H2,1H3,(H2,28,30)(H,29,31). The summed E-state index contributed by atoms with van der Waals surface area (Å²) < 4.78 is 11.4. The molecule has 1 aliphatic rings. The van der Waals surface area contributed by atoms with Crippen LogP contribution in [-0.2, 0) is 24.1 Å². The molecule has 1 aliphatic carbocycles. The summed E-state index contributed by atoms with van der Waals surface area (Å²) in [5, 5.41) is 3.00. The van der Waals surface area contributed by atoms with Crippen molar-refractivity contribution in [3.8, 4) is 11.5 Å². The minimum atomic E-state index is -0.361. The number of carbonyl (C=O) groups excluding carboxylic acids is 2. The Morgan fingerprint density at radius 3 is 2.58 bits per heavy atom. The van der Waals surface area contributed by atoms with Gasteiger partial charge in [0.1, 0.15) is 0 Å². The maximum atomic E-state index is 12.8. The summed E-state index contributed by atoms with van der Waals surface area (Å²) in [7, 11) is 1.57. The smallest absolute Gasteiger partial charge is 0.255 e. The minimum absolute atomic E-state index is 0.194. The van der Waals surface area contributed by atoms with Gasteiger partial charge in [-0.1, -0.05) is 48.5 Å². The highest BCUT2D eigenvalue weighted by molar-refractivity contribution is 5.96. The van der Waals surface area contributed by atoms with E-state index in [0.717, 1.165) is 22.4 Å². The summed E-state index contributed by atoms with van der Waals surface area (Å²) in [6.07, 6.45) is 3.55. The second-order valence-electron chi connectivity index (χ2n) is 7.93. The van der Waals surface area contributed by atoms with Gasteiger partial charge in [0.2, 0.25) is 5.91 Å². The molecule has 3 aromatic rings. The number of nitrogens with two attached hydrogens (primary N) is 1. The van der Waals surface area contributed by atoms with Crippen LogP contribution in [0, 0.1) is 0 Å². The van der Waals surface area contributed by atoms with E-state index in [1.165, 1.54) is 5.56 Å². The number of hydrogen-bond donors (Lipinski definition) is 2. The number of nitrogens with one attached hydrogen (secondary N) is 1. The lowest BCUT2D eigenvalue weighted by Crippen LogP contribution is -2.22. The fourth-order valence-corrected chi connectivity index (χ4v) is 3.88. The van der Waals surface area contributed by atoms with Gasteiger partial charge in [-0.3, -0.25) is 9.59 Å². The van der Waals surface area contributed by atoms with Crippen molar-refractivity contribution >= 4 is 17.9 Å². The lowest BCUT2D eigenvalue weighted by Gasteiger charge is -2.13. The minimum Gasteiger partial charge on any atom is -0.493 e. The van der Waals surface area contributed by atoms with Gasteiger partial charge in [-0.2, -0.15) is 0 Å². The highest BCUT2D eigenvalue weighted by Gasteiger charge is 2.16. The van der Waals surface area contributed by atoms with Crippen LogP contribution in [0.15, 0.2) is 72.4 Å². The van der Waals surface area contributed by atoms with Crippen LogP contribution >= 0.6 is 0 Å². The Kier molecular flexibility index (Phi) is 6.74. The number of allylic oxidation sites excluding steroid dienone is 1. The molecule has 33 heavy (non-hydrogen) atoms. The van der Waals surface area contributed by atoms with Crippen molar-refractivity contribution in [1.82, 2.24) is 5.32 Å². The number of methoxy groups -OCH3 is 1. The number of benzene rings is 3. The molecule has 0 heterocycles. The Morgan fingerprint density at radius 2 is 1.79 bits per heavy atom. The third-order valence-electron chi connectivity index (χ3n) is 5.48. The number of fused-ring (bicyclic) bond motifs is 1. The SMILES string of the molecule is COc1ccc(C(=O)NC2=Cc3ccccc3C2)cc1OCCc1cccc(CC(N)=O)c1. The van der Waals surface area contributed by atoms with E-state index in [9.17, 15) is 9.59 Å². The molecule has 0 bridgehead atoms. The van der Waals surface area contributed by atoms with Gasteiger partial charge in [0.25, 0.3) is 5.91 Å². The number of carbonyl (C=O) groups is 2. The monoisotopic (exact) mass is 442 g/mol. The van der Waals surface area contributed by atoms with E-state index in [-0.39, 0.29) is 18.2 Å². The molecule has 6 heteroatoms. The van der Waals surface area contributed by atoms with Crippen LogP contribution in [0.4, 0.5) is 0 Å². The molecule has 0 aromatic heterocycles. The van der Waals surface area contributed by atoms with Crippen molar-refractivity contribution in [3.63, 3.8) is 0 Å². The zero-order valence-corrected chi connectivity index (χ0v) is 18.5. The molecule has 0 radical (unpaired) electrons. The van der Waals surface area contributed by atoms with Crippen molar-refractivity contribution in [2.24, 2.45) is 5.73 Å². The summed E-state index contributed by atoms with van der Waals surface area (Å²) in [5.41, 5.74) is 10.9. The Morgan fingerprint density at radius 1 is 0.970 bits per heavy atom. The molecular formula is C27H26N2O4. The molecule has 0 atom stereocenters. The van der Waals surface area contributed by atoms with Crippen molar-refractivity contribution in [2.75, 3.05) is 13.7 Å². The number of rotatable bonds is 9. The van der Waals surface area contributed by atoms with Gasteiger partial charge in [0.15, 0.2) is 11.5 Å². The number of primary amides is 1. The number of amides is 2. The van der Waals surface area contributed by atoms with Gasteiger partial charge >= 0.3 is 0 Å². The first-order chi connectivity index (χ1) is 16.0. The van der Waals surface area contributed by atoms with E-state index in [1.807, 2.05) is 48.5 Å². The summed E-state index contributed by atoms with van der Waals surface area (Å²) in [5.74, 6) is 0.504. The van der Waals surface area contributed by atoms with Crippen LogP contribution in [0.5, 0.6) is 11.5 Å². The van der Waals surface area contributed by atoms with E-state index in [4.69, 9.17) is 15.2 Å². The van der Waals surface area contributed by atoms with E-state index < -0.39 is 0 Å². The fraction of sp³-hybridized carbons (Fsp3) is 0.185. The van der Waals surface area contributed by atoms with Gasteiger partial charge in [0.05, 0.1) is 20.1 Å². The molecular weight excluding hydrogens is 416 g/mol. The first-order valence-corrected chi connectivity index (χ1v) is 10.8. The molecule has 0 fully saturated rings. The Balaban J connectivity index is 1.40.